The Labute approximate surface area is 98.2 Å². The molecule has 1 unspecified atom stereocenters. The van der Waals surface area contributed by atoms with Crippen LogP contribution in [0.4, 0.5) is 0 Å². The van der Waals surface area contributed by atoms with Gasteiger partial charge in [-0.05, 0) is 23.9 Å². The quantitative estimate of drug-likeness (QED) is 0.826. The lowest BCUT2D eigenvalue weighted by Gasteiger charge is -2.08. The number of hydrogen-bond donors (Lipinski definition) is 1. The number of carbonyl (C=O) groups excluding carboxylic acids is 1. The van der Waals surface area contributed by atoms with Crippen molar-refractivity contribution in [1.29, 1.82) is 0 Å². The summed E-state index contributed by atoms with van der Waals surface area (Å²) in [6.45, 7) is 1.97. The predicted molar refractivity (Wildman–Crippen MR) is 64.8 cm³/mol. The lowest BCUT2D eigenvalue weighted by atomic mass is 10.0. The molecule has 16 heavy (non-hydrogen) atoms. The molecular weight excluding hydrogens is 220 g/mol. The zero-order valence-electron chi connectivity index (χ0n) is 8.88. The summed E-state index contributed by atoms with van der Waals surface area (Å²) in [7, 11) is 0. The highest BCUT2D eigenvalue weighted by atomic mass is 32.1. The third-order valence-electron chi connectivity index (χ3n) is 2.41. The number of rotatable bonds is 3. The maximum Gasteiger partial charge on any atom is 0.205 e. The number of carbonyl (C=O) groups is 1. The van der Waals surface area contributed by atoms with E-state index in [4.69, 9.17) is 0 Å². The summed E-state index contributed by atoms with van der Waals surface area (Å²) in [6, 6.07) is 10.9. The molecule has 0 radical (unpaired) electrons. The Balaban J connectivity index is 2.22. The van der Waals surface area contributed by atoms with Gasteiger partial charge in [0.05, 0.1) is 4.88 Å². The molecule has 0 spiro atoms. The van der Waals surface area contributed by atoms with E-state index in [9.17, 15) is 9.90 Å². The van der Waals surface area contributed by atoms with Crippen LogP contribution in [0.5, 0.6) is 0 Å². The van der Waals surface area contributed by atoms with E-state index in [1.807, 2.05) is 24.4 Å². The highest BCUT2D eigenvalue weighted by Crippen LogP contribution is 2.21. The van der Waals surface area contributed by atoms with Gasteiger partial charge in [0.25, 0.3) is 0 Å². The summed E-state index contributed by atoms with van der Waals surface area (Å²) in [4.78, 5) is 12.4. The predicted octanol–water partition coefficient (Wildman–Crippen LogP) is 2.97. The molecule has 0 fully saturated rings. The van der Waals surface area contributed by atoms with Crippen LogP contribution in [-0.4, -0.2) is 10.9 Å². The summed E-state index contributed by atoms with van der Waals surface area (Å²) in [6.07, 6.45) is -1.06. The molecule has 0 amide bonds. The van der Waals surface area contributed by atoms with E-state index in [2.05, 4.69) is 0 Å². The number of ketones is 1. The zero-order valence-corrected chi connectivity index (χ0v) is 9.70. The van der Waals surface area contributed by atoms with E-state index >= 15 is 0 Å². The standard InChI is InChI=1S/C13H12O2S/c1-9-4-6-10(7-5-9)12(14)13(15)11-3-2-8-16-11/h2-8,12,14H,1H3. The first kappa shape index (κ1) is 11.0. The highest BCUT2D eigenvalue weighted by Gasteiger charge is 2.19. The van der Waals surface area contributed by atoms with Gasteiger partial charge in [0.15, 0.2) is 0 Å². The van der Waals surface area contributed by atoms with E-state index in [0.29, 0.717) is 10.4 Å². The number of aliphatic hydroxyl groups excluding tert-OH is 1. The van der Waals surface area contributed by atoms with Crippen LogP contribution in [-0.2, 0) is 0 Å². The summed E-state index contributed by atoms with van der Waals surface area (Å²) in [5, 5.41) is 11.7. The van der Waals surface area contributed by atoms with Gasteiger partial charge in [-0.1, -0.05) is 35.9 Å². The Bertz CT molecular complexity index is 471. The van der Waals surface area contributed by atoms with Crippen LogP contribution >= 0.6 is 11.3 Å². The summed E-state index contributed by atoms with van der Waals surface area (Å²) >= 11 is 1.35. The van der Waals surface area contributed by atoms with Gasteiger partial charge in [0.2, 0.25) is 5.78 Å². The molecule has 1 aromatic carbocycles. The van der Waals surface area contributed by atoms with Crippen molar-refractivity contribution in [2.45, 2.75) is 13.0 Å². The molecule has 0 aliphatic carbocycles. The van der Waals surface area contributed by atoms with E-state index in [1.165, 1.54) is 11.3 Å². The monoisotopic (exact) mass is 232 g/mol. The fraction of sp³-hybridized carbons (Fsp3) is 0.154. The van der Waals surface area contributed by atoms with Crippen molar-refractivity contribution >= 4 is 17.1 Å². The normalized spacial score (nSPS) is 12.4. The molecule has 1 aromatic heterocycles. The molecule has 0 saturated heterocycles. The van der Waals surface area contributed by atoms with E-state index < -0.39 is 6.10 Å². The first-order valence-corrected chi connectivity index (χ1v) is 5.89. The molecule has 2 aromatic rings. The lowest BCUT2D eigenvalue weighted by molar-refractivity contribution is 0.0752. The molecule has 0 aliphatic rings. The second-order valence-electron chi connectivity index (χ2n) is 3.65. The molecule has 82 valence electrons. The summed E-state index contributed by atoms with van der Waals surface area (Å²) in [5.41, 5.74) is 1.75. The molecule has 1 heterocycles. The topological polar surface area (TPSA) is 37.3 Å². The molecule has 2 nitrogen and oxygen atoms in total. The first-order chi connectivity index (χ1) is 7.68. The van der Waals surface area contributed by atoms with Crippen LogP contribution in [0.25, 0.3) is 0 Å². The minimum Gasteiger partial charge on any atom is -0.380 e. The number of Topliss-reactive ketones (excluding diaryl/α,β-unsaturated/α-hetero) is 1. The molecule has 3 heteroatoms. The van der Waals surface area contributed by atoms with Gasteiger partial charge in [-0.3, -0.25) is 4.79 Å². The molecule has 1 N–H and O–H groups in total. The number of aryl methyl sites for hydroxylation is 1. The molecular formula is C13H12O2S. The molecule has 1 atom stereocenters. The number of benzene rings is 1. The van der Waals surface area contributed by atoms with Crippen LogP contribution in [0.3, 0.4) is 0 Å². The van der Waals surface area contributed by atoms with Gasteiger partial charge >= 0.3 is 0 Å². The van der Waals surface area contributed by atoms with Gasteiger partial charge in [-0.15, -0.1) is 11.3 Å². The molecule has 0 saturated carbocycles. The minimum atomic E-state index is -1.06. The third kappa shape index (κ3) is 2.21. The zero-order chi connectivity index (χ0) is 11.5. The van der Waals surface area contributed by atoms with Gasteiger partial charge in [-0.25, -0.2) is 0 Å². The maximum atomic E-state index is 11.9. The number of thiophene rings is 1. The Morgan fingerprint density at radius 1 is 1.25 bits per heavy atom. The van der Waals surface area contributed by atoms with Gasteiger partial charge in [0.1, 0.15) is 6.10 Å². The Hall–Kier alpha value is -1.45. The lowest BCUT2D eigenvalue weighted by Crippen LogP contribution is -2.10. The van der Waals surface area contributed by atoms with Crippen molar-refractivity contribution in [3.63, 3.8) is 0 Å². The summed E-state index contributed by atoms with van der Waals surface area (Å²) < 4.78 is 0. The Kier molecular flexibility index (Phi) is 3.17. The van der Waals surface area contributed by atoms with E-state index in [-0.39, 0.29) is 5.78 Å². The van der Waals surface area contributed by atoms with Crippen molar-refractivity contribution < 1.29 is 9.90 Å². The van der Waals surface area contributed by atoms with E-state index in [1.54, 1.807) is 24.3 Å². The second kappa shape index (κ2) is 4.60. The second-order valence-corrected chi connectivity index (χ2v) is 4.60. The van der Waals surface area contributed by atoms with Crippen LogP contribution in [0, 0.1) is 6.92 Å². The van der Waals surface area contributed by atoms with Crippen LogP contribution < -0.4 is 0 Å². The van der Waals surface area contributed by atoms with Crippen LogP contribution in [0.15, 0.2) is 41.8 Å². The fourth-order valence-corrected chi connectivity index (χ4v) is 2.14. The largest absolute Gasteiger partial charge is 0.380 e. The molecule has 0 bridgehead atoms. The van der Waals surface area contributed by atoms with Crippen molar-refractivity contribution in [3.05, 3.63) is 57.8 Å². The fourth-order valence-electron chi connectivity index (χ4n) is 1.45. The Morgan fingerprint density at radius 2 is 1.94 bits per heavy atom. The maximum absolute atomic E-state index is 11.9. The average molecular weight is 232 g/mol. The summed E-state index contributed by atoms with van der Waals surface area (Å²) in [5.74, 6) is -0.237. The van der Waals surface area contributed by atoms with Gasteiger partial charge in [-0.2, -0.15) is 0 Å². The average Bonchev–Trinajstić information content (AvgIpc) is 2.81. The van der Waals surface area contributed by atoms with Crippen molar-refractivity contribution in [1.82, 2.24) is 0 Å². The highest BCUT2D eigenvalue weighted by molar-refractivity contribution is 7.12. The van der Waals surface area contributed by atoms with Gasteiger partial charge in [0, 0.05) is 0 Å². The van der Waals surface area contributed by atoms with Crippen molar-refractivity contribution in [3.8, 4) is 0 Å². The Morgan fingerprint density at radius 3 is 2.50 bits per heavy atom. The number of hydrogen-bond acceptors (Lipinski definition) is 3. The third-order valence-corrected chi connectivity index (χ3v) is 3.29. The smallest absolute Gasteiger partial charge is 0.205 e. The van der Waals surface area contributed by atoms with Gasteiger partial charge < -0.3 is 5.11 Å². The molecule has 0 aliphatic heterocycles. The first-order valence-electron chi connectivity index (χ1n) is 5.01. The molecule has 2 rings (SSSR count). The number of aliphatic hydroxyl groups is 1. The SMILES string of the molecule is Cc1ccc(C(O)C(=O)c2cccs2)cc1. The van der Waals surface area contributed by atoms with Crippen LogP contribution in [0.1, 0.15) is 26.9 Å². The van der Waals surface area contributed by atoms with Crippen molar-refractivity contribution in [2.24, 2.45) is 0 Å². The van der Waals surface area contributed by atoms with Crippen molar-refractivity contribution in [2.75, 3.05) is 0 Å². The van der Waals surface area contributed by atoms with E-state index in [0.717, 1.165) is 5.56 Å². The minimum absolute atomic E-state index is 0.237. The van der Waals surface area contributed by atoms with Crippen LogP contribution in [0.2, 0.25) is 0 Å².